The Morgan fingerprint density at radius 3 is 2.34 bits per heavy atom. The van der Waals surface area contributed by atoms with Gasteiger partial charge in [0, 0.05) is 26.1 Å². The van der Waals surface area contributed by atoms with Gasteiger partial charge in [0.2, 0.25) is 12.7 Å². The van der Waals surface area contributed by atoms with Gasteiger partial charge in [0.1, 0.15) is 5.75 Å². The summed E-state index contributed by atoms with van der Waals surface area (Å²) in [5.74, 6) is 0.157. The largest absolute Gasteiger partial charge is 0.484 e. The van der Waals surface area contributed by atoms with Crippen LogP contribution in [-0.2, 0) is 22.4 Å². The highest BCUT2D eigenvalue weighted by atomic mass is 16.7. The summed E-state index contributed by atoms with van der Waals surface area (Å²) >= 11 is 0. The van der Waals surface area contributed by atoms with Crippen LogP contribution in [0, 0.1) is 6.92 Å². The first-order valence-corrected chi connectivity index (χ1v) is 16.6. The molecule has 2 aliphatic rings. The Hall–Kier alpha value is -5.68. The Balaban J connectivity index is 1.16. The van der Waals surface area contributed by atoms with Crippen molar-refractivity contribution in [3.8, 4) is 17.2 Å². The molecule has 2 atom stereocenters. The molecule has 0 fully saturated rings. The number of fused-ring (bicyclic) bond motifs is 2. The standard InChI is InChI=1S/C39H39N3O8/c1-26-8-7-11-29(20-26)48-24-36(44)40-32(21-27-9-3-2-4-10-27)33(43)23-41(18-16-28-14-15-34-35(22-28)50-25-49-34)37(45)17-19-42-38(46)30-12-5-6-13-31(30)39(42)47/h2-15,20,22,32-33,43H,16-19,21,23-25H2,1H3,(H,40,44)/t32-,33?/m0/s1. The third kappa shape index (κ3) is 8.30. The van der Waals surface area contributed by atoms with Crippen molar-refractivity contribution >= 4 is 23.6 Å². The minimum absolute atomic E-state index is 0.109. The smallest absolute Gasteiger partial charge is 0.261 e. The monoisotopic (exact) mass is 677 g/mol. The Bertz CT molecular complexity index is 1830. The number of aryl methyl sites for hydroxylation is 1. The first-order chi connectivity index (χ1) is 24.2. The number of amides is 4. The third-order valence-corrected chi connectivity index (χ3v) is 8.76. The van der Waals surface area contributed by atoms with E-state index in [9.17, 15) is 24.3 Å². The van der Waals surface area contributed by atoms with Crippen LogP contribution >= 0.6 is 0 Å². The van der Waals surface area contributed by atoms with Gasteiger partial charge in [-0.3, -0.25) is 24.1 Å². The van der Waals surface area contributed by atoms with Crippen molar-refractivity contribution in [2.45, 2.75) is 38.3 Å². The van der Waals surface area contributed by atoms with Gasteiger partial charge in [0.25, 0.3) is 17.7 Å². The van der Waals surface area contributed by atoms with Gasteiger partial charge in [-0.2, -0.15) is 0 Å². The number of hydrogen-bond donors (Lipinski definition) is 2. The topological polar surface area (TPSA) is 135 Å². The van der Waals surface area contributed by atoms with Gasteiger partial charge in [-0.15, -0.1) is 0 Å². The zero-order valence-electron chi connectivity index (χ0n) is 27.7. The van der Waals surface area contributed by atoms with E-state index in [4.69, 9.17) is 14.2 Å². The van der Waals surface area contributed by atoms with Crippen LogP contribution in [0.3, 0.4) is 0 Å². The van der Waals surface area contributed by atoms with E-state index in [-0.39, 0.29) is 45.4 Å². The van der Waals surface area contributed by atoms with Gasteiger partial charge in [-0.05, 0) is 72.9 Å². The van der Waals surface area contributed by atoms with E-state index in [0.29, 0.717) is 41.2 Å². The number of aliphatic hydroxyl groups is 1. The SMILES string of the molecule is Cc1cccc(OCC(=O)N[C@@H](Cc2ccccc2)C(O)CN(CCc2ccc3c(c2)OCO3)C(=O)CCN2C(=O)c3ccccc3C2=O)c1. The number of nitrogens with zero attached hydrogens (tertiary/aromatic N) is 2. The van der Waals surface area contributed by atoms with Crippen LogP contribution in [0.5, 0.6) is 17.2 Å². The molecule has 2 aliphatic heterocycles. The molecule has 0 aromatic heterocycles. The second-order valence-corrected chi connectivity index (χ2v) is 12.4. The van der Waals surface area contributed by atoms with Crippen LogP contribution in [0.25, 0.3) is 0 Å². The zero-order valence-corrected chi connectivity index (χ0v) is 27.7. The molecular formula is C39H39N3O8. The van der Waals surface area contributed by atoms with Crippen LogP contribution in [0.2, 0.25) is 0 Å². The Morgan fingerprint density at radius 2 is 1.60 bits per heavy atom. The maximum absolute atomic E-state index is 13.8. The lowest BCUT2D eigenvalue weighted by molar-refractivity contribution is -0.133. The maximum atomic E-state index is 13.8. The molecule has 1 unspecified atom stereocenters. The van der Waals surface area contributed by atoms with Crippen LogP contribution in [-0.4, -0.2) is 83.7 Å². The van der Waals surface area contributed by atoms with Gasteiger partial charge in [0.15, 0.2) is 18.1 Å². The van der Waals surface area contributed by atoms with E-state index in [1.165, 1.54) is 4.90 Å². The number of nitrogens with one attached hydrogen (secondary N) is 1. The van der Waals surface area contributed by atoms with Crippen LogP contribution in [0.1, 0.15) is 43.8 Å². The Labute approximate surface area is 290 Å². The molecule has 6 rings (SSSR count). The lowest BCUT2D eigenvalue weighted by Gasteiger charge is -2.31. The predicted molar refractivity (Wildman–Crippen MR) is 184 cm³/mol. The first kappa shape index (κ1) is 34.2. The number of carbonyl (C=O) groups excluding carboxylic acids is 4. The minimum Gasteiger partial charge on any atom is -0.484 e. The third-order valence-electron chi connectivity index (χ3n) is 8.76. The number of rotatable bonds is 15. The molecular weight excluding hydrogens is 638 g/mol. The fourth-order valence-corrected chi connectivity index (χ4v) is 6.09. The molecule has 11 nitrogen and oxygen atoms in total. The van der Waals surface area contributed by atoms with Crippen molar-refractivity contribution in [1.29, 1.82) is 0 Å². The van der Waals surface area contributed by atoms with E-state index in [1.54, 1.807) is 30.3 Å². The molecule has 0 saturated carbocycles. The molecule has 4 aromatic carbocycles. The van der Waals surface area contributed by atoms with Crippen molar-refractivity contribution in [3.05, 3.63) is 125 Å². The van der Waals surface area contributed by atoms with E-state index < -0.39 is 29.9 Å². The molecule has 0 bridgehead atoms. The summed E-state index contributed by atoms with van der Waals surface area (Å²) in [6.07, 6.45) is -0.572. The highest BCUT2D eigenvalue weighted by Gasteiger charge is 2.35. The second kappa shape index (κ2) is 15.7. The average Bonchev–Trinajstić information content (AvgIpc) is 3.69. The molecule has 2 heterocycles. The van der Waals surface area contributed by atoms with E-state index >= 15 is 0 Å². The molecule has 4 amide bonds. The summed E-state index contributed by atoms with van der Waals surface area (Å²) in [7, 11) is 0. The zero-order chi connectivity index (χ0) is 35.0. The number of carbonyl (C=O) groups is 4. The molecule has 0 spiro atoms. The Morgan fingerprint density at radius 1 is 0.880 bits per heavy atom. The molecule has 50 heavy (non-hydrogen) atoms. The molecule has 0 radical (unpaired) electrons. The number of ether oxygens (including phenoxy) is 3. The summed E-state index contributed by atoms with van der Waals surface area (Å²) in [5.41, 5.74) is 3.40. The predicted octanol–water partition coefficient (Wildman–Crippen LogP) is 3.95. The molecule has 2 N–H and O–H groups in total. The van der Waals surface area contributed by atoms with Crippen molar-refractivity contribution in [1.82, 2.24) is 15.1 Å². The highest BCUT2D eigenvalue weighted by molar-refractivity contribution is 6.21. The molecule has 258 valence electrons. The number of hydrogen-bond acceptors (Lipinski definition) is 8. The van der Waals surface area contributed by atoms with Crippen LogP contribution in [0.4, 0.5) is 0 Å². The fourth-order valence-electron chi connectivity index (χ4n) is 6.09. The molecule has 4 aromatic rings. The number of benzene rings is 4. The lowest BCUT2D eigenvalue weighted by Crippen LogP contribution is -2.52. The van der Waals surface area contributed by atoms with Gasteiger partial charge < -0.3 is 29.5 Å². The lowest BCUT2D eigenvalue weighted by atomic mass is 10.00. The average molecular weight is 678 g/mol. The second-order valence-electron chi connectivity index (χ2n) is 12.4. The Kier molecular flexibility index (Phi) is 10.7. The van der Waals surface area contributed by atoms with Crippen LogP contribution < -0.4 is 19.5 Å². The van der Waals surface area contributed by atoms with E-state index in [2.05, 4.69) is 5.32 Å². The van der Waals surface area contributed by atoms with Crippen LogP contribution in [0.15, 0.2) is 97.1 Å². The molecule has 11 heteroatoms. The van der Waals surface area contributed by atoms with Crippen molar-refractivity contribution < 1.29 is 38.5 Å². The normalized spacial score (nSPS) is 14.2. The van der Waals surface area contributed by atoms with Crippen molar-refractivity contribution in [2.75, 3.05) is 33.0 Å². The molecule has 0 saturated heterocycles. The number of imide groups is 1. The van der Waals surface area contributed by atoms with Gasteiger partial charge >= 0.3 is 0 Å². The van der Waals surface area contributed by atoms with Gasteiger partial charge in [-0.25, -0.2) is 0 Å². The first-order valence-electron chi connectivity index (χ1n) is 16.6. The van der Waals surface area contributed by atoms with Crippen molar-refractivity contribution in [2.24, 2.45) is 0 Å². The maximum Gasteiger partial charge on any atom is 0.261 e. The van der Waals surface area contributed by atoms with Gasteiger partial charge in [0.05, 0.1) is 23.3 Å². The number of aliphatic hydroxyl groups excluding tert-OH is 1. The van der Waals surface area contributed by atoms with Gasteiger partial charge in [-0.1, -0.05) is 60.7 Å². The van der Waals surface area contributed by atoms with Crippen molar-refractivity contribution in [3.63, 3.8) is 0 Å². The highest BCUT2D eigenvalue weighted by Crippen LogP contribution is 2.32. The summed E-state index contributed by atoms with van der Waals surface area (Å²) in [6.45, 7) is 1.81. The quantitative estimate of drug-likeness (QED) is 0.181. The summed E-state index contributed by atoms with van der Waals surface area (Å²) in [4.78, 5) is 55.5. The fraction of sp³-hybridized carbons (Fsp3) is 0.282. The molecule has 0 aliphatic carbocycles. The van der Waals surface area contributed by atoms with E-state index in [0.717, 1.165) is 21.6 Å². The summed E-state index contributed by atoms with van der Waals surface area (Å²) in [6, 6.07) is 28.2. The minimum atomic E-state index is -1.17. The van der Waals surface area contributed by atoms with E-state index in [1.807, 2.05) is 73.7 Å². The summed E-state index contributed by atoms with van der Waals surface area (Å²) in [5, 5.41) is 14.6. The summed E-state index contributed by atoms with van der Waals surface area (Å²) < 4.78 is 16.6.